The minimum Gasteiger partial charge on any atom is -0.310 e. The molecule has 0 heterocycles. The predicted octanol–water partition coefficient (Wildman–Crippen LogP) is 3.97. The monoisotopic (exact) mass is 304 g/mol. The van der Waals surface area contributed by atoms with Gasteiger partial charge >= 0.3 is 0 Å². The van der Waals surface area contributed by atoms with Crippen LogP contribution >= 0.6 is 11.6 Å². The molecule has 0 aliphatic rings. The van der Waals surface area contributed by atoms with Gasteiger partial charge in [-0.1, -0.05) is 30.7 Å². The molecule has 1 aromatic rings. The number of hydrogen-bond acceptors (Lipinski definition) is 2. The van der Waals surface area contributed by atoms with Crippen LogP contribution in [0.3, 0.4) is 0 Å². The standard InChI is InChI=1S/C15H23ClF2N2/c1-3-9-19-14(8-10-20(2)11-15(17)18)12-4-6-13(16)7-5-12/h4-7,14-15,19H,3,8-11H2,1-2H3. The lowest BCUT2D eigenvalue weighted by Crippen LogP contribution is -2.30. The van der Waals surface area contributed by atoms with Crippen LogP contribution < -0.4 is 5.32 Å². The maximum Gasteiger partial charge on any atom is 0.251 e. The average molecular weight is 305 g/mol. The zero-order chi connectivity index (χ0) is 15.0. The third-order valence-corrected chi connectivity index (χ3v) is 3.41. The Hall–Kier alpha value is -0.710. The largest absolute Gasteiger partial charge is 0.310 e. The summed E-state index contributed by atoms with van der Waals surface area (Å²) in [5.41, 5.74) is 1.15. The van der Waals surface area contributed by atoms with Gasteiger partial charge < -0.3 is 10.2 Å². The molecule has 0 saturated heterocycles. The minimum absolute atomic E-state index is 0.173. The SMILES string of the molecule is CCCNC(CCN(C)CC(F)F)c1ccc(Cl)cc1. The van der Waals surface area contributed by atoms with Crippen LogP contribution in [0.25, 0.3) is 0 Å². The van der Waals surface area contributed by atoms with Crippen LogP contribution in [0.15, 0.2) is 24.3 Å². The first kappa shape index (κ1) is 17.3. The molecule has 1 rings (SSSR count). The van der Waals surface area contributed by atoms with Crippen molar-refractivity contribution in [3.05, 3.63) is 34.9 Å². The molecule has 0 radical (unpaired) electrons. The number of nitrogens with zero attached hydrogens (tertiary/aromatic N) is 1. The number of hydrogen-bond donors (Lipinski definition) is 1. The molecule has 0 aliphatic heterocycles. The van der Waals surface area contributed by atoms with Crippen molar-refractivity contribution < 1.29 is 8.78 Å². The van der Waals surface area contributed by atoms with Gasteiger partial charge in [-0.3, -0.25) is 0 Å². The number of nitrogens with one attached hydrogen (secondary N) is 1. The van der Waals surface area contributed by atoms with E-state index >= 15 is 0 Å². The third kappa shape index (κ3) is 6.64. The lowest BCUT2D eigenvalue weighted by molar-refractivity contribution is 0.0984. The van der Waals surface area contributed by atoms with Crippen LogP contribution in [-0.4, -0.2) is 38.0 Å². The topological polar surface area (TPSA) is 15.3 Å². The third-order valence-electron chi connectivity index (χ3n) is 3.16. The van der Waals surface area contributed by atoms with E-state index in [4.69, 9.17) is 11.6 Å². The fraction of sp³-hybridized carbons (Fsp3) is 0.600. The quantitative estimate of drug-likeness (QED) is 0.742. The number of benzene rings is 1. The second kappa shape index (κ2) is 9.27. The summed E-state index contributed by atoms with van der Waals surface area (Å²) in [5.74, 6) is 0. The molecule has 20 heavy (non-hydrogen) atoms. The molecule has 5 heteroatoms. The maximum absolute atomic E-state index is 12.3. The Morgan fingerprint density at radius 2 is 1.90 bits per heavy atom. The summed E-state index contributed by atoms with van der Waals surface area (Å²) < 4.78 is 24.6. The maximum atomic E-state index is 12.3. The van der Waals surface area contributed by atoms with Crippen molar-refractivity contribution in [3.8, 4) is 0 Å². The summed E-state index contributed by atoms with van der Waals surface area (Å²) in [6.45, 7) is 3.47. The highest BCUT2D eigenvalue weighted by Crippen LogP contribution is 2.20. The Morgan fingerprint density at radius 3 is 2.45 bits per heavy atom. The van der Waals surface area contributed by atoms with E-state index in [1.807, 2.05) is 24.3 Å². The summed E-state index contributed by atoms with van der Waals surface area (Å²) in [5, 5.41) is 4.16. The highest BCUT2D eigenvalue weighted by Gasteiger charge is 2.13. The number of alkyl halides is 2. The van der Waals surface area contributed by atoms with Crippen LogP contribution in [0.5, 0.6) is 0 Å². The van der Waals surface area contributed by atoms with Crippen LogP contribution in [0, 0.1) is 0 Å². The normalized spacial score (nSPS) is 13.2. The second-order valence-electron chi connectivity index (χ2n) is 5.00. The molecule has 0 saturated carbocycles. The summed E-state index contributed by atoms with van der Waals surface area (Å²) >= 11 is 5.89. The molecule has 0 aromatic heterocycles. The fourth-order valence-corrected chi connectivity index (χ4v) is 2.20. The van der Waals surface area contributed by atoms with E-state index in [0.29, 0.717) is 11.6 Å². The summed E-state index contributed by atoms with van der Waals surface area (Å²) in [6, 6.07) is 7.87. The Bertz CT molecular complexity index is 371. The smallest absolute Gasteiger partial charge is 0.251 e. The molecule has 0 aliphatic carbocycles. The Labute approximate surface area is 125 Å². The molecular weight excluding hydrogens is 282 g/mol. The van der Waals surface area contributed by atoms with Crippen molar-refractivity contribution in [1.82, 2.24) is 10.2 Å². The number of rotatable bonds is 9. The summed E-state index contributed by atoms with van der Waals surface area (Å²) in [4.78, 5) is 1.67. The van der Waals surface area contributed by atoms with Crippen LogP contribution in [0.1, 0.15) is 31.4 Å². The molecule has 0 bridgehead atoms. The van der Waals surface area contributed by atoms with Gasteiger partial charge in [-0.25, -0.2) is 8.78 Å². The van der Waals surface area contributed by atoms with Crippen molar-refractivity contribution in [3.63, 3.8) is 0 Å². The van der Waals surface area contributed by atoms with Gasteiger partial charge in [0.05, 0.1) is 6.54 Å². The highest BCUT2D eigenvalue weighted by molar-refractivity contribution is 6.30. The molecular formula is C15H23ClF2N2. The van der Waals surface area contributed by atoms with E-state index in [0.717, 1.165) is 24.9 Å². The van der Waals surface area contributed by atoms with Gasteiger partial charge in [0.1, 0.15) is 0 Å². The molecule has 0 fully saturated rings. The molecule has 0 spiro atoms. The van der Waals surface area contributed by atoms with Crippen LogP contribution in [0.2, 0.25) is 5.02 Å². The van der Waals surface area contributed by atoms with E-state index in [1.165, 1.54) is 0 Å². The van der Waals surface area contributed by atoms with Crippen molar-refractivity contribution in [2.75, 3.05) is 26.7 Å². The fourth-order valence-electron chi connectivity index (χ4n) is 2.08. The van der Waals surface area contributed by atoms with Crippen molar-refractivity contribution in [2.24, 2.45) is 0 Å². The Morgan fingerprint density at radius 1 is 1.25 bits per heavy atom. The van der Waals surface area contributed by atoms with Crippen molar-refractivity contribution in [1.29, 1.82) is 0 Å². The lowest BCUT2D eigenvalue weighted by atomic mass is 10.0. The van der Waals surface area contributed by atoms with Gasteiger partial charge in [0.25, 0.3) is 6.43 Å². The van der Waals surface area contributed by atoms with E-state index in [9.17, 15) is 8.78 Å². The lowest BCUT2D eigenvalue weighted by Gasteiger charge is -2.23. The first-order chi connectivity index (χ1) is 9.52. The summed E-state index contributed by atoms with van der Waals surface area (Å²) in [7, 11) is 1.73. The van der Waals surface area contributed by atoms with Gasteiger partial charge in [-0.05, 0) is 50.7 Å². The van der Waals surface area contributed by atoms with Crippen LogP contribution in [0.4, 0.5) is 8.78 Å². The molecule has 1 atom stereocenters. The minimum atomic E-state index is -2.28. The molecule has 0 amide bonds. The Kier molecular flexibility index (Phi) is 8.04. The highest BCUT2D eigenvalue weighted by atomic mass is 35.5. The van der Waals surface area contributed by atoms with Gasteiger partial charge in [-0.15, -0.1) is 0 Å². The van der Waals surface area contributed by atoms with Gasteiger partial charge in [0.15, 0.2) is 0 Å². The average Bonchev–Trinajstić information content (AvgIpc) is 2.39. The molecule has 1 N–H and O–H groups in total. The van der Waals surface area contributed by atoms with E-state index in [2.05, 4.69) is 12.2 Å². The molecule has 1 unspecified atom stereocenters. The van der Waals surface area contributed by atoms with E-state index in [-0.39, 0.29) is 12.6 Å². The van der Waals surface area contributed by atoms with Gasteiger partial charge in [0.2, 0.25) is 0 Å². The molecule has 1 aromatic carbocycles. The van der Waals surface area contributed by atoms with Gasteiger partial charge in [-0.2, -0.15) is 0 Å². The first-order valence-electron chi connectivity index (χ1n) is 6.98. The Balaban J connectivity index is 2.57. The number of halogens is 3. The predicted molar refractivity (Wildman–Crippen MR) is 80.6 cm³/mol. The van der Waals surface area contributed by atoms with E-state index in [1.54, 1.807) is 11.9 Å². The van der Waals surface area contributed by atoms with Gasteiger partial charge in [0, 0.05) is 11.1 Å². The molecule has 114 valence electrons. The zero-order valence-corrected chi connectivity index (χ0v) is 12.8. The zero-order valence-electron chi connectivity index (χ0n) is 12.1. The van der Waals surface area contributed by atoms with E-state index < -0.39 is 6.43 Å². The van der Waals surface area contributed by atoms with Crippen molar-refractivity contribution in [2.45, 2.75) is 32.2 Å². The second-order valence-corrected chi connectivity index (χ2v) is 5.44. The summed E-state index contributed by atoms with van der Waals surface area (Å²) in [6.07, 6.45) is -0.445. The van der Waals surface area contributed by atoms with Crippen molar-refractivity contribution >= 4 is 11.6 Å². The molecule has 2 nitrogen and oxygen atoms in total. The first-order valence-corrected chi connectivity index (χ1v) is 7.36. The van der Waals surface area contributed by atoms with Crippen LogP contribution in [-0.2, 0) is 0 Å².